The van der Waals surface area contributed by atoms with Crippen LogP contribution in [0.2, 0.25) is 0 Å². The van der Waals surface area contributed by atoms with E-state index in [4.69, 9.17) is 4.74 Å². The average molecular weight is 483 g/mol. The van der Waals surface area contributed by atoms with Crippen LogP contribution in [0.4, 0.5) is 0 Å². The number of fused-ring (bicyclic) bond motifs is 2. The Hall–Kier alpha value is -2.12. The number of nitrogens with one attached hydrogen (secondary N) is 3. The van der Waals surface area contributed by atoms with E-state index in [2.05, 4.69) is 34.1 Å². The number of carbonyl (C=O) groups is 2. The zero-order valence-corrected chi connectivity index (χ0v) is 21.4. The lowest BCUT2D eigenvalue weighted by Crippen LogP contribution is -2.58. The molecule has 1 aromatic rings. The Balaban J connectivity index is 1.35. The first-order valence-corrected chi connectivity index (χ1v) is 13.9. The molecule has 2 saturated heterocycles. The number of hydrogen-bond acceptors (Lipinski definition) is 5. The number of carbonyl (C=O) groups excluding carboxylic acids is 2. The van der Waals surface area contributed by atoms with E-state index < -0.39 is 6.04 Å². The minimum Gasteiger partial charge on any atom is -0.487 e. The van der Waals surface area contributed by atoms with Gasteiger partial charge in [-0.15, -0.1) is 0 Å². The quantitative estimate of drug-likeness (QED) is 0.557. The number of benzene rings is 1. The van der Waals surface area contributed by atoms with Crippen molar-refractivity contribution in [3.05, 3.63) is 29.3 Å². The van der Waals surface area contributed by atoms with Crippen molar-refractivity contribution >= 4 is 11.8 Å². The van der Waals surface area contributed by atoms with Crippen molar-refractivity contribution < 1.29 is 14.3 Å². The van der Waals surface area contributed by atoms with Gasteiger partial charge in [-0.2, -0.15) is 0 Å². The smallest absolute Gasteiger partial charge is 0.245 e. The van der Waals surface area contributed by atoms with Crippen LogP contribution in [0.25, 0.3) is 0 Å². The van der Waals surface area contributed by atoms with E-state index in [1.165, 1.54) is 30.4 Å². The van der Waals surface area contributed by atoms with Gasteiger partial charge in [0.1, 0.15) is 17.9 Å². The molecule has 0 aromatic heterocycles. The molecular formula is C28H42N4O3. The Bertz CT molecular complexity index is 915. The highest BCUT2D eigenvalue weighted by Crippen LogP contribution is 2.35. The van der Waals surface area contributed by atoms with Crippen LogP contribution < -0.4 is 20.7 Å². The molecule has 2 amide bonds. The second-order valence-corrected chi connectivity index (χ2v) is 11.0. The van der Waals surface area contributed by atoms with Gasteiger partial charge in [0.15, 0.2) is 0 Å². The topological polar surface area (TPSA) is 82.7 Å². The van der Waals surface area contributed by atoms with Crippen LogP contribution in [0.3, 0.4) is 0 Å². The van der Waals surface area contributed by atoms with Crippen LogP contribution in [0.15, 0.2) is 18.2 Å². The summed E-state index contributed by atoms with van der Waals surface area (Å²) < 4.78 is 6.68. The van der Waals surface area contributed by atoms with Crippen molar-refractivity contribution in [3.8, 4) is 5.75 Å². The van der Waals surface area contributed by atoms with E-state index in [0.29, 0.717) is 6.54 Å². The summed E-state index contributed by atoms with van der Waals surface area (Å²) in [5, 5.41) is 9.78. The van der Waals surface area contributed by atoms with Crippen LogP contribution in [-0.4, -0.2) is 67.1 Å². The summed E-state index contributed by atoms with van der Waals surface area (Å²) in [4.78, 5) is 28.9. The molecule has 35 heavy (non-hydrogen) atoms. The van der Waals surface area contributed by atoms with E-state index in [0.717, 1.165) is 57.2 Å². The van der Waals surface area contributed by atoms with Gasteiger partial charge in [-0.3, -0.25) is 9.59 Å². The van der Waals surface area contributed by atoms with Crippen molar-refractivity contribution in [2.75, 3.05) is 20.1 Å². The molecule has 5 atom stereocenters. The van der Waals surface area contributed by atoms with Gasteiger partial charge in [0, 0.05) is 19.1 Å². The molecule has 2 heterocycles. The Labute approximate surface area is 209 Å². The second kappa shape index (κ2) is 10.9. The molecule has 1 aromatic carbocycles. The van der Waals surface area contributed by atoms with Gasteiger partial charge < -0.3 is 25.6 Å². The van der Waals surface area contributed by atoms with Crippen molar-refractivity contribution in [2.45, 2.75) is 101 Å². The minimum absolute atomic E-state index is 0.00617. The number of amides is 2. The first-order chi connectivity index (χ1) is 17.1. The third-order valence-corrected chi connectivity index (χ3v) is 8.84. The molecule has 0 spiro atoms. The predicted octanol–water partition coefficient (Wildman–Crippen LogP) is 2.56. The van der Waals surface area contributed by atoms with E-state index in [-0.39, 0.29) is 42.0 Å². The molecule has 7 nitrogen and oxygen atoms in total. The Morgan fingerprint density at radius 3 is 2.69 bits per heavy atom. The highest BCUT2D eigenvalue weighted by atomic mass is 16.5. The molecule has 2 aliphatic carbocycles. The van der Waals surface area contributed by atoms with E-state index >= 15 is 0 Å². The zero-order valence-electron chi connectivity index (χ0n) is 21.4. The van der Waals surface area contributed by atoms with Crippen LogP contribution in [0.1, 0.15) is 69.4 Å². The third kappa shape index (κ3) is 5.08. The summed E-state index contributed by atoms with van der Waals surface area (Å²) in [5.41, 5.74) is 2.76. The predicted molar refractivity (Wildman–Crippen MR) is 136 cm³/mol. The number of aryl methyl sites for hydroxylation is 1. The fourth-order valence-electron chi connectivity index (χ4n) is 6.71. The number of nitrogens with zero attached hydrogens (tertiary/aromatic N) is 1. The summed E-state index contributed by atoms with van der Waals surface area (Å²) in [5.74, 6) is 1.18. The molecule has 3 N–H and O–H groups in total. The Morgan fingerprint density at radius 2 is 1.89 bits per heavy atom. The molecule has 192 valence electrons. The van der Waals surface area contributed by atoms with Gasteiger partial charge in [-0.25, -0.2) is 0 Å². The van der Waals surface area contributed by atoms with Gasteiger partial charge in [0.2, 0.25) is 11.8 Å². The first kappa shape index (κ1) is 24.6. The maximum atomic E-state index is 14.1. The summed E-state index contributed by atoms with van der Waals surface area (Å²) in [6.07, 6.45) is 11.0. The third-order valence-electron chi connectivity index (χ3n) is 8.84. The summed E-state index contributed by atoms with van der Waals surface area (Å²) >= 11 is 0. The second-order valence-electron chi connectivity index (χ2n) is 11.0. The maximum Gasteiger partial charge on any atom is 0.245 e. The van der Waals surface area contributed by atoms with Crippen molar-refractivity contribution in [3.63, 3.8) is 0 Å². The number of likely N-dealkylation sites (N-methyl/N-ethyl adjacent to an activating group) is 1. The first-order valence-electron chi connectivity index (χ1n) is 13.9. The fraction of sp³-hybridized carbons (Fsp3) is 0.714. The molecule has 4 aliphatic rings. The van der Waals surface area contributed by atoms with Gasteiger partial charge in [-0.05, 0) is 82.0 Å². The molecule has 3 fully saturated rings. The van der Waals surface area contributed by atoms with Crippen molar-refractivity contribution in [1.82, 2.24) is 20.9 Å². The molecule has 1 saturated carbocycles. The lowest BCUT2D eigenvalue weighted by Gasteiger charge is -2.36. The average Bonchev–Trinajstić information content (AvgIpc) is 3.50. The molecule has 2 aliphatic heterocycles. The van der Waals surface area contributed by atoms with Crippen LogP contribution in [0.5, 0.6) is 5.75 Å². The number of likely N-dealkylation sites (tertiary alicyclic amines) is 1. The number of rotatable bonds is 7. The monoisotopic (exact) mass is 482 g/mol. The van der Waals surface area contributed by atoms with Crippen LogP contribution in [-0.2, 0) is 22.4 Å². The van der Waals surface area contributed by atoms with Gasteiger partial charge in [-0.1, -0.05) is 31.4 Å². The van der Waals surface area contributed by atoms with E-state index in [9.17, 15) is 9.59 Å². The molecule has 0 bridgehead atoms. The van der Waals surface area contributed by atoms with Gasteiger partial charge in [0.05, 0.1) is 12.1 Å². The van der Waals surface area contributed by atoms with Crippen LogP contribution >= 0.6 is 0 Å². The highest BCUT2D eigenvalue weighted by molar-refractivity contribution is 5.90. The molecule has 0 unspecified atom stereocenters. The minimum atomic E-state index is -0.455. The van der Waals surface area contributed by atoms with Crippen molar-refractivity contribution in [1.29, 1.82) is 0 Å². The van der Waals surface area contributed by atoms with E-state index in [1.54, 1.807) is 7.05 Å². The molecule has 5 rings (SSSR count). The van der Waals surface area contributed by atoms with Crippen LogP contribution in [0, 0.1) is 5.92 Å². The SMILES string of the molecule is CN[C@@H](C)C(=O)N[C@H](C(=O)N1CC[C@H]2NC[C@H](Oc3cccc4c3CCCC4)[C@H]21)C1CCCCC1. The number of ether oxygens (including phenoxy) is 1. The zero-order chi connectivity index (χ0) is 24.4. The summed E-state index contributed by atoms with van der Waals surface area (Å²) in [6, 6.07) is 5.91. The van der Waals surface area contributed by atoms with Gasteiger partial charge in [0.25, 0.3) is 0 Å². The number of hydrogen-bond donors (Lipinski definition) is 3. The molecule has 7 heteroatoms. The maximum absolute atomic E-state index is 14.1. The lowest BCUT2D eigenvalue weighted by molar-refractivity contribution is -0.140. The normalized spacial score (nSPS) is 28.2. The van der Waals surface area contributed by atoms with Gasteiger partial charge >= 0.3 is 0 Å². The largest absolute Gasteiger partial charge is 0.487 e. The summed E-state index contributed by atoms with van der Waals surface area (Å²) in [6.45, 7) is 3.31. The van der Waals surface area contributed by atoms with E-state index in [1.807, 2.05) is 11.8 Å². The van der Waals surface area contributed by atoms with Crippen molar-refractivity contribution in [2.24, 2.45) is 5.92 Å². The summed E-state index contributed by atoms with van der Waals surface area (Å²) in [7, 11) is 1.78. The lowest BCUT2D eigenvalue weighted by atomic mass is 9.83. The Morgan fingerprint density at radius 1 is 1.09 bits per heavy atom. The Kier molecular flexibility index (Phi) is 7.63. The highest BCUT2D eigenvalue weighted by Gasteiger charge is 2.49. The molecular weight excluding hydrogens is 440 g/mol. The fourth-order valence-corrected chi connectivity index (χ4v) is 6.71. The standard InChI is InChI=1S/C28H42N4O3/c1-18(29-2)27(33)31-25(20-10-4-3-5-11-20)28(34)32-16-15-22-26(32)24(17-30-22)35-23-14-8-12-19-9-6-7-13-21(19)23/h8,12,14,18,20,22,24-26,29-30H,3-7,9-11,13,15-17H2,1-2H3,(H,31,33)/t18-,22+,24-,25-,26-/m0/s1. The molecule has 0 radical (unpaired) electrons.